The quantitative estimate of drug-likeness (QED) is 0.475. The molecule has 1 heterocycles. The molecule has 0 aliphatic rings. The summed E-state index contributed by atoms with van der Waals surface area (Å²) in [7, 11) is 0. The van der Waals surface area contributed by atoms with Crippen molar-refractivity contribution in [2.24, 2.45) is 0 Å². The van der Waals surface area contributed by atoms with Gasteiger partial charge >= 0.3 is 6.36 Å². The van der Waals surface area contributed by atoms with Crippen LogP contribution in [0, 0.1) is 10.6 Å². The zero-order valence-electron chi connectivity index (χ0n) is 7.43. The monoisotopic (exact) mass is 331 g/mol. The number of ether oxygens (including phenoxy) is 1. The molecular weight excluding hydrogens is 326 g/mol. The van der Waals surface area contributed by atoms with E-state index in [4.69, 9.17) is 0 Å². The van der Waals surface area contributed by atoms with E-state index < -0.39 is 12.1 Å². The number of aromatic nitrogens is 1. The van der Waals surface area contributed by atoms with Gasteiger partial charge < -0.3 is 4.74 Å². The predicted octanol–water partition coefficient (Wildman–Crippen LogP) is 2.71. The molecule has 0 fully saturated rings. The van der Waals surface area contributed by atoms with Crippen LogP contribution in [0.3, 0.4) is 0 Å². The van der Waals surface area contributed by atoms with Gasteiger partial charge in [-0.15, -0.1) is 13.2 Å². The van der Waals surface area contributed by atoms with Crippen LogP contribution in [0.4, 0.5) is 13.2 Å². The summed E-state index contributed by atoms with van der Waals surface area (Å²) in [6, 6.07) is 1.12. The second-order valence-electron chi connectivity index (χ2n) is 2.62. The Bertz CT molecular complexity index is 392. The standard InChI is InChI=1S/C8H5F3INO2/c1-4-5(3-14)13-7(12)2-6(4)15-8(9,10)11/h2-3H,1H3. The van der Waals surface area contributed by atoms with Crippen LogP contribution in [0.1, 0.15) is 16.1 Å². The third kappa shape index (κ3) is 3.33. The number of rotatable bonds is 2. The van der Waals surface area contributed by atoms with Gasteiger partial charge in [0.1, 0.15) is 15.1 Å². The highest BCUT2D eigenvalue weighted by molar-refractivity contribution is 14.1. The minimum Gasteiger partial charge on any atom is -0.405 e. The number of nitrogens with zero attached hydrogens (tertiary/aromatic N) is 1. The molecule has 1 aromatic rings. The summed E-state index contributed by atoms with van der Waals surface area (Å²) in [5.41, 5.74) is 0.0175. The molecule has 0 spiro atoms. The van der Waals surface area contributed by atoms with Crippen LogP contribution in [0.5, 0.6) is 5.75 Å². The zero-order valence-corrected chi connectivity index (χ0v) is 9.59. The molecule has 0 aliphatic carbocycles. The summed E-state index contributed by atoms with van der Waals surface area (Å²) in [6.07, 6.45) is -4.38. The molecule has 0 saturated carbocycles. The third-order valence-electron chi connectivity index (χ3n) is 1.57. The smallest absolute Gasteiger partial charge is 0.405 e. The predicted molar refractivity (Wildman–Crippen MR) is 53.8 cm³/mol. The number of alkyl halides is 3. The maximum absolute atomic E-state index is 12.0. The van der Waals surface area contributed by atoms with Crippen LogP contribution in [0.15, 0.2) is 6.07 Å². The average Bonchev–Trinajstić information content (AvgIpc) is 2.08. The molecule has 7 heteroatoms. The van der Waals surface area contributed by atoms with E-state index in [1.54, 1.807) is 22.6 Å². The first kappa shape index (κ1) is 12.2. The lowest BCUT2D eigenvalue weighted by molar-refractivity contribution is -0.274. The second-order valence-corrected chi connectivity index (χ2v) is 3.72. The largest absolute Gasteiger partial charge is 0.573 e. The van der Waals surface area contributed by atoms with E-state index in [2.05, 4.69) is 9.72 Å². The van der Waals surface area contributed by atoms with E-state index in [1.165, 1.54) is 6.92 Å². The fourth-order valence-corrected chi connectivity index (χ4v) is 1.46. The Kier molecular flexibility index (Phi) is 3.53. The molecule has 0 N–H and O–H groups in total. The number of halogens is 4. The van der Waals surface area contributed by atoms with Gasteiger partial charge in [-0.05, 0) is 29.5 Å². The highest BCUT2D eigenvalue weighted by Gasteiger charge is 2.32. The van der Waals surface area contributed by atoms with Crippen LogP contribution in [-0.2, 0) is 0 Å². The Morgan fingerprint density at radius 2 is 2.13 bits per heavy atom. The summed E-state index contributed by atoms with van der Waals surface area (Å²) in [6.45, 7) is 1.34. The minimum absolute atomic E-state index is 0.0545. The lowest BCUT2D eigenvalue weighted by atomic mass is 10.2. The first-order valence-electron chi connectivity index (χ1n) is 3.71. The highest BCUT2D eigenvalue weighted by Crippen LogP contribution is 2.28. The van der Waals surface area contributed by atoms with Crippen molar-refractivity contribution in [1.82, 2.24) is 4.98 Å². The normalized spacial score (nSPS) is 11.3. The molecule has 0 bridgehead atoms. The molecule has 0 unspecified atom stereocenters. The summed E-state index contributed by atoms with van der Waals surface area (Å²) in [5, 5.41) is 0. The number of aldehydes is 1. The van der Waals surface area contributed by atoms with E-state index in [0.29, 0.717) is 6.29 Å². The fourth-order valence-electron chi connectivity index (χ4n) is 0.919. The first-order valence-corrected chi connectivity index (χ1v) is 4.79. The summed E-state index contributed by atoms with van der Waals surface area (Å²) in [5.74, 6) is -0.399. The number of hydrogen-bond donors (Lipinski definition) is 0. The maximum atomic E-state index is 12.0. The fraction of sp³-hybridized carbons (Fsp3) is 0.250. The molecule has 0 atom stereocenters. The zero-order chi connectivity index (χ0) is 11.6. The van der Waals surface area contributed by atoms with Crippen molar-refractivity contribution < 1.29 is 22.7 Å². The molecule has 0 aliphatic heterocycles. The van der Waals surface area contributed by atoms with Crippen molar-refractivity contribution in [3.05, 3.63) is 21.0 Å². The van der Waals surface area contributed by atoms with E-state index in [9.17, 15) is 18.0 Å². The van der Waals surface area contributed by atoms with Gasteiger partial charge in [-0.2, -0.15) is 0 Å². The Labute approximate surface area is 96.8 Å². The topological polar surface area (TPSA) is 39.2 Å². The second kappa shape index (κ2) is 4.33. The molecule has 82 valence electrons. The molecule has 1 aromatic heterocycles. The molecule has 0 radical (unpaired) electrons. The first-order chi connectivity index (χ1) is 6.83. The molecule has 0 saturated heterocycles. The van der Waals surface area contributed by atoms with Gasteiger partial charge in [0.2, 0.25) is 0 Å². The number of carbonyl (C=O) groups excluding carboxylic acids is 1. The van der Waals surface area contributed by atoms with Crippen LogP contribution in [0.25, 0.3) is 0 Å². The summed E-state index contributed by atoms with van der Waals surface area (Å²) in [4.78, 5) is 14.2. The Balaban J connectivity index is 3.18. The van der Waals surface area contributed by atoms with Crippen LogP contribution in [0.2, 0.25) is 0 Å². The summed E-state index contributed by atoms with van der Waals surface area (Å²) >= 11 is 1.71. The van der Waals surface area contributed by atoms with Gasteiger partial charge in [-0.1, -0.05) is 0 Å². The van der Waals surface area contributed by atoms with Gasteiger partial charge in [0, 0.05) is 11.6 Å². The van der Waals surface area contributed by atoms with Crippen LogP contribution in [-0.4, -0.2) is 17.6 Å². The number of carbonyl (C=O) groups is 1. The van der Waals surface area contributed by atoms with Gasteiger partial charge in [-0.25, -0.2) is 4.98 Å². The third-order valence-corrected chi connectivity index (χ3v) is 2.12. The van der Waals surface area contributed by atoms with E-state index in [0.717, 1.165) is 6.07 Å². The molecule has 3 nitrogen and oxygen atoms in total. The maximum Gasteiger partial charge on any atom is 0.573 e. The van der Waals surface area contributed by atoms with Gasteiger partial charge in [0.05, 0.1) is 0 Å². The van der Waals surface area contributed by atoms with Crippen molar-refractivity contribution >= 4 is 28.9 Å². The van der Waals surface area contributed by atoms with Crippen molar-refractivity contribution in [2.45, 2.75) is 13.3 Å². The minimum atomic E-state index is -4.77. The molecule has 0 amide bonds. The van der Waals surface area contributed by atoms with Crippen LogP contribution < -0.4 is 4.74 Å². The molecular formula is C8H5F3INO2. The van der Waals surface area contributed by atoms with E-state index >= 15 is 0 Å². The lowest BCUT2D eigenvalue weighted by Crippen LogP contribution is -2.18. The van der Waals surface area contributed by atoms with Crippen molar-refractivity contribution in [3.8, 4) is 5.75 Å². The Hall–Kier alpha value is -0.860. The SMILES string of the molecule is Cc1c(OC(F)(F)F)cc(I)nc1C=O. The number of hydrogen-bond acceptors (Lipinski definition) is 3. The molecule has 15 heavy (non-hydrogen) atoms. The van der Waals surface area contributed by atoms with E-state index in [1.807, 2.05) is 0 Å². The molecule has 1 rings (SSSR count). The van der Waals surface area contributed by atoms with Crippen molar-refractivity contribution in [3.63, 3.8) is 0 Å². The average molecular weight is 331 g/mol. The van der Waals surface area contributed by atoms with Gasteiger partial charge in [-0.3, -0.25) is 4.79 Å². The lowest BCUT2D eigenvalue weighted by Gasteiger charge is -2.12. The number of pyridine rings is 1. The van der Waals surface area contributed by atoms with Crippen molar-refractivity contribution in [1.29, 1.82) is 0 Å². The van der Waals surface area contributed by atoms with Gasteiger partial charge in [0.15, 0.2) is 6.29 Å². The van der Waals surface area contributed by atoms with Gasteiger partial charge in [0.25, 0.3) is 0 Å². The molecule has 0 aromatic carbocycles. The Morgan fingerprint density at radius 3 is 2.60 bits per heavy atom. The van der Waals surface area contributed by atoms with Crippen molar-refractivity contribution in [2.75, 3.05) is 0 Å². The summed E-state index contributed by atoms with van der Waals surface area (Å²) < 4.78 is 39.9. The van der Waals surface area contributed by atoms with E-state index in [-0.39, 0.29) is 15.0 Å². The van der Waals surface area contributed by atoms with Crippen LogP contribution >= 0.6 is 22.6 Å². The Morgan fingerprint density at radius 1 is 1.53 bits per heavy atom. The highest BCUT2D eigenvalue weighted by atomic mass is 127.